The number of anilines is 2. The normalized spacial score (nSPS) is 10.8. The van der Waals surface area contributed by atoms with E-state index in [1.54, 1.807) is 6.07 Å². The number of hydrogen-bond acceptors (Lipinski definition) is 4. The van der Waals surface area contributed by atoms with Crippen LogP contribution in [0.3, 0.4) is 0 Å². The molecule has 0 radical (unpaired) electrons. The lowest BCUT2D eigenvalue weighted by molar-refractivity contribution is 0.601. The summed E-state index contributed by atoms with van der Waals surface area (Å²) in [6.07, 6.45) is 0. The first-order valence-electron chi connectivity index (χ1n) is 5.50. The Morgan fingerprint density at radius 3 is 2.35 bits per heavy atom. The van der Waals surface area contributed by atoms with E-state index in [4.69, 9.17) is 22.6 Å². The third kappa shape index (κ3) is 3.02. The number of hydrogen-bond donors (Lipinski definition) is 2. The topological polar surface area (TPSA) is 96.0 Å². The molecule has 0 amide bonds. The van der Waals surface area contributed by atoms with Crippen LogP contribution in [0.15, 0.2) is 47.4 Å². The van der Waals surface area contributed by atoms with Gasteiger partial charge >= 0.3 is 0 Å². The van der Waals surface area contributed by atoms with Gasteiger partial charge < -0.3 is 5.73 Å². The van der Waals surface area contributed by atoms with Crippen molar-refractivity contribution in [1.82, 2.24) is 0 Å². The maximum Gasteiger partial charge on any atom is 0.261 e. The number of nitrogens with zero attached hydrogens (tertiary/aromatic N) is 1. The summed E-state index contributed by atoms with van der Waals surface area (Å²) in [4.78, 5) is 0.0457. The van der Waals surface area contributed by atoms with E-state index in [9.17, 15) is 8.42 Å². The second kappa shape index (κ2) is 5.41. The Labute approximate surface area is 121 Å². The summed E-state index contributed by atoms with van der Waals surface area (Å²) >= 11 is 5.92. The van der Waals surface area contributed by atoms with Gasteiger partial charge in [0.15, 0.2) is 0 Å². The van der Waals surface area contributed by atoms with Crippen LogP contribution in [0, 0.1) is 11.3 Å². The molecule has 0 fully saturated rings. The highest BCUT2D eigenvalue weighted by Gasteiger charge is 2.15. The highest BCUT2D eigenvalue weighted by atomic mass is 35.5. The minimum absolute atomic E-state index is 0.0457. The van der Waals surface area contributed by atoms with Gasteiger partial charge in [-0.15, -0.1) is 0 Å². The molecule has 0 saturated carbocycles. The average Bonchev–Trinajstić information content (AvgIpc) is 2.42. The number of nitrogens with two attached hydrogens (primary N) is 1. The Morgan fingerprint density at radius 2 is 1.80 bits per heavy atom. The van der Waals surface area contributed by atoms with Crippen LogP contribution in [0.25, 0.3) is 0 Å². The van der Waals surface area contributed by atoms with E-state index in [1.165, 1.54) is 36.4 Å². The molecule has 0 heterocycles. The summed E-state index contributed by atoms with van der Waals surface area (Å²) in [6.45, 7) is 0. The molecule has 0 aliphatic carbocycles. The van der Waals surface area contributed by atoms with E-state index in [0.29, 0.717) is 11.3 Å². The highest BCUT2D eigenvalue weighted by molar-refractivity contribution is 7.92. The number of rotatable bonds is 3. The van der Waals surface area contributed by atoms with E-state index in [2.05, 4.69) is 4.72 Å². The molecule has 0 aliphatic heterocycles. The van der Waals surface area contributed by atoms with Crippen molar-refractivity contribution in [3.63, 3.8) is 0 Å². The zero-order chi connectivity index (χ0) is 14.8. The maximum atomic E-state index is 12.2. The summed E-state index contributed by atoms with van der Waals surface area (Å²) in [6, 6.07) is 12.0. The van der Waals surface area contributed by atoms with Crippen molar-refractivity contribution in [1.29, 1.82) is 5.26 Å². The smallest absolute Gasteiger partial charge is 0.261 e. The second-order valence-electron chi connectivity index (χ2n) is 3.98. The zero-order valence-corrected chi connectivity index (χ0v) is 11.7. The molecule has 7 heteroatoms. The van der Waals surface area contributed by atoms with Crippen LogP contribution < -0.4 is 10.5 Å². The predicted octanol–water partition coefficient (Wildman–Crippen LogP) is 2.59. The molecule has 0 saturated heterocycles. The molecule has 0 unspecified atom stereocenters. The Morgan fingerprint density at radius 1 is 1.15 bits per heavy atom. The molecule has 0 aromatic heterocycles. The molecule has 0 bridgehead atoms. The van der Waals surface area contributed by atoms with E-state index in [1.807, 2.05) is 6.07 Å². The average molecular weight is 308 g/mol. The number of halogens is 1. The Balaban J connectivity index is 2.33. The van der Waals surface area contributed by atoms with Crippen LogP contribution in [-0.2, 0) is 10.0 Å². The molecule has 2 rings (SSSR count). The lowest BCUT2D eigenvalue weighted by Crippen LogP contribution is -2.13. The maximum absolute atomic E-state index is 12.2. The molecule has 0 atom stereocenters. The van der Waals surface area contributed by atoms with Gasteiger partial charge in [0.05, 0.1) is 27.2 Å². The highest BCUT2D eigenvalue weighted by Crippen LogP contribution is 2.26. The van der Waals surface area contributed by atoms with Crippen molar-refractivity contribution in [3.8, 4) is 6.07 Å². The van der Waals surface area contributed by atoms with Gasteiger partial charge in [-0.2, -0.15) is 5.26 Å². The third-order valence-corrected chi connectivity index (χ3v) is 4.23. The second-order valence-corrected chi connectivity index (χ2v) is 6.07. The summed E-state index contributed by atoms with van der Waals surface area (Å²) in [5.74, 6) is 0. The fourth-order valence-electron chi connectivity index (χ4n) is 1.53. The fourth-order valence-corrected chi connectivity index (χ4v) is 2.90. The first kappa shape index (κ1) is 14.2. The van der Waals surface area contributed by atoms with E-state index in [0.717, 1.165) is 0 Å². The monoisotopic (exact) mass is 307 g/mol. The third-order valence-electron chi connectivity index (χ3n) is 2.53. The molecular formula is C13H10ClN3O2S. The van der Waals surface area contributed by atoms with Gasteiger partial charge in [0.2, 0.25) is 0 Å². The van der Waals surface area contributed by atoms with Crippen LogP contribution in [0.2, 0.25) is 5.02 Å². The van der Waals surface area contributed by atoms with Crippen molar-refractivity contribution >= 4 is 33.0 Å². The molecule has 5 nitrogen and oxygen atoms in total. The van der Waals surface area contributed by atoms with Crippen LogP contribution >= 0.6 is 11.6 Å². The first-order chi connectivity index (χ1) is 9.42. The fraction of sp³-hybridized carbons (Fsp3) is 0. The van der Waals surface area contributed by atoms with Gasteiger partial charge in [-0.1, -0.05) is 11.6 Å². The summed E-state index contributed by atoms with van der Waals surface area (Å²) in [5.41, 5.74) is 6.61. The van der Waals surface area contributed by atoms with E-state index < -0.39 is 10.0 Å². The number of nitriles is 1. The van der Waals surface area contributed by atoms with Gasteiger partial charge in [0.25, 0.3) is 10.0 Å². The van der Waals surface area contributed by atoms with Crippen LogP contribution in [0.1, 0.15) is 5.56 Å². The van der Waals surface area contributed by atoms with Crippen molar-refractivity contribution in [2.24, 2.45) is 0 Å². The van der Waals surface area contributed by atoms with Crippen molar-refractivity contribution in [2.45, 2.75) is 4.90 Å². The van der Waals surface area contributed by atoms with Gasteiger partial charge in [0.1, 0.15) is 0 Å². The van der Waals surface area contributed by atoms with Gasteiger partial charge in [-0.3, -0.25) is 4.72 Å². The minimum Gasteiger partial charge on any atom is -0.399 e. The van der Waals surface area contributed by atoms with Gasteiger partial charge in [-0.25, -0.2) is 8.42 Å². The summed E-state index contributed by atoms with van der Waals surface area (Å²) in [5, 5.41) is 8.89. The van der Waals surface area contributed by atoms with Crippen molar-refractivity contribution in [3.05, 3.63) is 53.1 Å². The van der Waals surface area contributed by atoms with Crippen LogP contribution in [0.4, 0.5) is 11.4 Å². The molecule has 20 heavy (non-hydrogen) atoms. The van der Waals surface area contributed by atoms with Gasteiger partial charge in [0, 0.05) is 5.69 Å². The summed E-state index contributed by atoms with van der Waals surface area (Å²) < 4.78 is 26.7. The molecule has 0 spiro atoms. The Kier molecular flexibility index (Phi) is 3.84. The quantitative estimate of drug-likeness (QED) is 0.852. The van der Waals surface area contributed by atoms with Crippen LogP contribution in [-0.4, -0.2) is 8.42 Å². The SMILES string of the molecule is N#Cc1ccc(S(=O)(=O)Nc2ccc(N)cc2Cl)cc1. The molecule has 0 aliphatic rings. The predicted molar refractivity (Wildman–Crippen MR) is 77.8 cm³/mol. The number of nitrogen functional groups attached to an aromatic ring is 1. The standard InChI is InChI=1S/C13H10ClN3O2S/c14-12-7-10(16)3-6-13(12)17-20(18,19)11-4-1-9(8-15)2-5-11/h1-7,17H,16H2. The molecular weight excluding hydrogens is 298 g/mol. The van der Waals surface area contributed by atoms with Crippen molar-refractivity contribution < 1.29 is 8.42 Å². The Bertz CT molecular complexity index is 780. The largest absolute Gasteiger partial charge is 0.399 e. The number of sulfonamides is 1. The number of nitrogens with one attached hydrogen (secondary N) is 1. The zero-order valence-electron chi connectivity index (χ0n) is 10.2. The molecule has 3 N–H and O–H groups in total. The van der Waals surface area contributed by atoms with Crippen LogP contribution in [0.5, 0.6) is 0 Å². The first-order valence-corrected chi connectivity index (χ1v) is 7.36. The molecule has 2 aromatic carbocycles. The van der Waals surface area contributed by atoms with E-state index in [-0.39, 0.29) is 15.6 Å². The molecule has 2 aromatic rings. The van der Waals surface area contributed by atoms with E-state index >= 15 is 0 Å². The number of benzene rings is 2. The summed E-state index contributed by atoms with van der Waals surface area (Å²) in [7, 11) is -3.76. The Hall–Kier alpha value is -2.23. The minimum atomic E-state index is -3.76. The van der Waals surface area contributed by atoms with Gasteiger partial charge in [-0.05, 0) is 42.5 Å². The lowest BCUT2D eigenvalue weighted by Gasteiger charge is -2.10. The lowest BCUT2D eigenvalue weighted by atomic mass is 10.2. The van der Waals surface area contributed by atoms with Crippen molar-refractivity contribution in [2.75, 3.05) is 10.5 Å². The molecule has 102 valence electrons.